The first-order valence-electron chi connectivity index (χ1n) is 7.05. The Morgan fingerprint density at radius 2 is 2.05 bits per heavy atom. The fourth-order valence-electron chi connectivity index (χ4n) is 1.62. The first-order chi connectivity index (χ1) is 9.88. The van der Waals surface area contributed by atoms with Gasteiger partial charge in [0, 0.05) is 25.1 Å². The van der Waals surface area contributed by atoms with Crippen LogP contribution in [0, 0.1) is 0 Å². The van der Waals surface area contributed by atoms with Crippen LogP contribution in [-0.4, -0.2) is 31.3 Å². The summed E-state index contributed by atoms with van der Waals surface area (Å²) in [6.07, 6.45) is 2.60. The van der Waals surface area contributed by atoms with Crippen molar-refractivity contribution < 1.29 is 4.74 Å². The minimum Gasteiger partial charge on any atom is -0.404 e. The second kappa shape index (κ2) is 6.07. The Hall–Kier alpha value is -2.18. The zero-order valence-corrected chi connectivity index (χ0v) is 13.2. The molecule has 1 N–H and O–H groups in total. The van der Waals surface area contributed by atoms with Gasteiger partial charge in [0.25, 0.3) is 0 Å². The Morgan fingerprint density at radius 1 is 1.29 bits per heavy atom. The van der Waals surface area contributed by atoms with E-state index >= 15 is 0 Å². The molecule has 0 bridgehead atoms. The molecule has 0 radical (unpaired) electrons. The number of anilines is 1. The zero-order valence-electron chi connectivity index (χ0n) is 13.2. The summed E-state index contributed by atoms with van der Waals surface area (Å²) in [5.74, 6) is 1.91. The fourth-order valence-corrected chi connectivity index (χ4v) is 1.62. The highest BCUT2D eigenvalue weighted by molar-refractivity contribution is 5.39. The van der Waals surface area contributed by atoms with E-state index in [4.69, 9.17) is 4.74 Å². The largest absolute Gasteiger partial charge is 0.404 e. The highest BCUT2D eigenvalue weighted by Crippen LogP contribution is 2.25. The Bertz CT molecular complexity index is 602. The van der Waals surface area contributed by atoms with E-state index in [-0.39, 0.29) is 11.4 Å². The second-order valence-corrected chi connectivity index (χ2v) is 5.89. The molecule has 0 aliphatic carbocycles. The molecule has 7 nitrogen and oxygen atoms in total. The molecule has 21 heavy (non-hydrogen) atoms. The lowest BCUT2D eigenvalue weighted by Gasteiger charge is -2.18. The first-order valence-corrected chi connectivity index (χ1v) is 7.05. The van der Waals surface area contributed by atoms with Crippen LogP contribution in [0.2, 0.25) is 0 Å². The molecule has 2 aromatic heterocycles. The molecule has 0 saturated heterocycles. The molecular formula is C14H22N6O. The SMILES string of the molecule is CCCNc1cc(Oc2ncn(C)n2)nc(C(C)(C)C)n1. The topological polar surface area (TPSA) is 77.8 Å². The molecular weight excluding hydrogens is 268 g/mol. The normalized spacial score (nSPS) is 11.5. The maximum atomic E-state index is 5.62. The molecule has 0 atom stereocenters. The lowest BCUT2D eigenvalue weighted by molar-refractivity contribution is 0.412. The van der Waals surface area contributed by atoms with Crippen LogP contribution in [0.3, 0.4) is 0 Å². The molecule has 0 aliphatic heterocycles. The molecule has 0 aromatic carbocycles. The number of hydrogen-bond donors (Lipinski definition) is 1. The summed E-state index contributed by atoms with van der Waals surface area (Å²) in [6.45, 7) is 9.15. The van der Waals surface area contributed by atoms with Gasteiger partial charge in [0.05, 0.1) is 0 Å². The predicted octanol–water partition coefficient (Wildman–Crippen LogP) is 2.52. The molecule has 7 heteroatoms. The van der Waals surface area contributed by atoms with Crippen LogP contribution in [0.4, 0.5) is 5.82 Å². The minimum atomic E-state index is -0.167. The van der Waals surface area contributed by atoms with Crippen molar-refractivity contribution in [2.24, 2.45) is 7.05 Å². The predicted molar refractivity (Wildman–Crippen MR) is 80.6 cm³/mol. The molecule has 0 spiro atoms. The highest BCUT2D eigenvalue weighted by atomic mass is 16.5. The lowest BCUT2D eigenvalue weighted by atomic mass is 9.96. The Balaban J connectivity index is 2.30. The van der Waals surface area contributed by atoms with Crippen molar-refractivity contribution in [3.05, 3.63) is 18.2 Å². The van der Waals surface area contributed by atoms with Gasteiger partial charge in [-0.25, -0.2) is 4.98 Å². The fraction of sp³-hybridized carbons (Fsp3) is 0.571. The van der Waals surface area contributed by atoms with E-state index in [0.29, 0.717) is 5.88 Å². The monoisotopic (exact) mass is 290 g/mol. The smallest absolute Gasteiger partial charge is 0.342 e. The highest BCUT2D eigenvalue weighted by Gasteiger charge is 2.20. The summed E-state index contributed by atoms with van der Waals surface area (Å²) in [6, 6.07) is 2.04. The van der Waals surface area contributed by atoms with Crippen molar-refractivity contribution in [2.45, 2.75) is 39.5 Å². The van der Waals surface area contributed by atoms with Gasteiger partial charge < -0.3 is 10.1 Å². The summed E-state index contributed by atoms with van der Waals surface area (Å²) in [7, 11) is 1.79. The molecule has 0 saturated carbocycles. The molecule has 0 amide bonds. The molecule has 0 unspecified atom stereocenters. The number of nitrogens with one attached hydrogen (secondary N) is 1. The van der Waals surface area contributed by atoms with E-state index in [2.05, 4.69) is 53.1 Å². The second-order valence-electron chi connectivity index (χ2n) is 5.89. The van der Waals surface area contributed by atoms with Crippen LogP contribution in [-0.2, 0) is 12.5 Å². The number of aromatic nitrogens is 5. The van der Waals surface area contributed by atoms with Crippen molar-refractivity contribution in [3.8, 4) is 11.9 Å². The van der Waals surface area contributed by atoms with Crippen molar-refractivity contribution >= 4 is 5.82 Å². The van der Waals surface area contributed by atoms with E-state index in [1.807, 2.05) is 0 Å². The first kappa shape index (κ1) is 15.2. The van der Waals surface area contributed by atoms with Crippen molar-refractivity contribution in [1.82, 2.24) is 24.7 Å². The number of aryl methyl sites for hydroxylation is 1. The van der Waals surface area contributed by atoms with Crippen LogP contribution >= 0.6 is 0 Å². The lowest BCUT2D eigenvalue weighted by Crippen LogP contribution is -2.18. The van der Waals surface area contributed by atoms with Gasteiger partial charge in [0.1, 0.15) is 18.0 Å². The summed E-state index contributed by atoms with van der Waals surface area (Å²) in [4.78, 5) is 13.0. The Kier molecular flexibility index (Phi) is 4.40. The minimum absolute atomic E-state index is 0.167. The van der Waals surface area contributed by atoms with Crippen LogP contribution < -0.4 is 10.1 Å². The van der Waals surface area contributed by atoms with E-state index in [9.17, 15) is 0 Å². The van der Waals surface area contributed by atoms with Gasteiger partial charge in [-0.2, -0.15) is 9.97 Å². The zero-order chi connectivity index (χ0) is 15.5. The summed E-state index contributed by atoms with van der Waals surface area (Å²) >= 11 is 0. The Morgan fingerprint density at radius 3 is 2.62 bits per heavy atom. The van der Waals surface area contributed by atoms with Gasteiger partial charge in [0.2, 0.25) is 5.88 Å². The molecule has 2 heterocycles. The maximum Gasteiger partial charge on any atom is 0.342 e. The summed E-state index contributed by atoms with van der Waals surface area (Å²) in [5, 5.41) is 7.35. The van der Waals surface area contributed by atoms with Crippen molar-refractivity contribution in [1.29, 1.82) is 0 Å². The van der Waals surface area contributed by atoms with E-state index in [0.717, 1.165) is 24.6 Å². The number of hydrogen-bond acceptors (Lipinski definition) is 6. The summed E-state index contributed by atoms with van der Waals surface area (Å²) in [5.41, 5.74) is -0.167. The molecule has 2 rings (SSSR count). The third-order valence-corrected chi connectivity index (χ3v) is 2.70. The summed E-state index contributed by atoms with van der Waals surface area (Å²) < 4.78 is 7.20. The number of rotatable bonds is 5. The quantitative estimate of drug-likeness (QED) is 0.911. The van der Waals surface area contributed by atoms with Crippen molar-refractivity contribution in [2.75, 3.05) is 11.9 Å². The third kappa shape index (κ3) is 4.14. The van der Waals surface area contributed by atoms with E-state index in [1.165, 1.54) is 0 Å². The van der Waals surface area contributed by atoms with Crippen LogP contribution in [0.15, 0.2) is 12.4 Å². The van der Waals surface area contributed by atoms with Gasteiger partial charge in [-0.3, -0.25) is 4.68 Å². The number of nitrogens with zero attached hydrogens (tertiary/aromatic N) is 5. The van der Waals surface area contributed by atoms with Crippen LogP contribution in [0.5, 0.6) is 11.9 Å². The molecule has 0 fully saturated rings. The van der Waals surface area contributed by atoms with E-state index < -0.39 is 0 Å². The average Bonchev–Trinajstić information content (AvgIpc) is 2.80. The van der Waals surface area contributed by atoms with Gasteiger partial charge in [-0.05, 0) is 6.42 Å². The van der Waals surface area contributed by atoms with Gasteiger partial charge in [-0.15, -0.1) is 5.10 Å². The van der Waals surface area contributed by atoms with Gasteiger partial charge >= 0.3 is 6.01 Å². The molecule has 2 aromatic rings. The number of ether oxygens (including phenoxy) is 1. The molecule has 0 aliphatic rings. The molecule has 114 valence electrons. The average molecular weight is 290 g/mol. The van der Waals surface area contributed by atoms with Crippen LogP contribution in [0.1, 0.15) is 39.9 Å². The van der Waals surface area contributed by atoms with E-state index in [1.54, 1.807) is 24.1 Å². The van der Waals surface area contributed by atoms with Crippen molar-refractivity contribution in [3.63, 3.8) is 0 Å². The third-order valence-electron chi connectivity index (χ3n) is 2.70. The van der Waals surface area contributed by atoms with Gasteiger partial charge in [0.15, 0.2) is 0 Å². The maximum absolute atomic E-state index is 5.62. The standard InChI is InChI=1S/C14H22N6O/c1-6-7-15-10-8-11(18-12(17-10)14(2,3)4)21-13-16-9-20(5)19-13/h8-9H,6-7H2,1-5H3,(H,15,17,18). The Labute approximate surface area is 124 Å². The van der Waals surface area contributed by atoms with Gasteiger partial charge in [-0.1, -0.05) is 27.7 Å². The van der Waals surface area contributed by atoms with Crippen LogP contribution in [0.25, 0.3) is 0 Å².